The summed E-state index contributed by atoms with van der Waals surface area (Å²) in [6.07, 6.45) is 2.85. The Kier molecular flexibility index (Phi) is 5.77. The van der Waals surface area contributed by atoms with Gasteiger partial charge in [0, 0.05) is 18.7 Å². The normalized spacial score (nSPS) is 19.2. The molecule has 1 aromatic rings. The topological polar surface area (TPSA) is 29.5 Å². The number of thioether (sulfide) groups is 1. The van der Waals surface area contributed by atoms with E-state index < -0.39 is 0 Å². The zero-order valence-corrected chi connectivity index (χ0v) is 13.1. The van der Waals surface area contributed by atoms with E-state index in [1.165, 1.54) is 5.56 Å². The quantitative estimate of drug-likeness (QED) is 0.798. The lowest BCUT2D eigenvalue weighted by Gasteiger charge is -2.35. The van der Waals surface area contributed by atoms with Gasteiger partial charge in [0.25, 0.3) is 0 Å². The molecule has 4 heteroatoms. The zero-order chi connectivity index (χ0) is 14.4. The van der Waals surface area contributed by atoms with Crippen LogP contribution in [-0.2, 0) is 4.79 Å². The molecule has 1 aliphatic heterocycles. The molecule has 1 atom stereocenters. The first-order chi connectivity index (χ1) is 9.76. The van der Waals surface area contributed by atoms with Crippen LogP contribution < -0.4 is 4.74 Å². The van der Waals surface area contributed by atoms with Crippen molar-refractivity contribution < 1.29 is 9.53 Å². The highest BCUT2D eigenvalue weighted by molar-refractivity contribution is 7.99. The van der Waals surface area contributed by atoms with Crippen molar-refractivity contribution >= 4 is 17.7 Å². The number of hydrogen-bond donors (Lipinski definition) is 0. The molecule has 0 aliphatic carbocycles. The molecule has 0 radical (unpaired) electrons. The molecule has 3 nitrogen and oxygen atoms in total. The van der Waals surface area contributed by atoms with Gasteiger partial charge in [0.2, 0.25) is 5.91 Å². The summed E-state index contributed by atoms with van der Waals surface area (Å²) < 4.78 is 5.47. The van der Waals surface area contributed by atoms with Gasteiger partial charge >= 0.3 is 0 Å². The maximum Gasteiger partial charge on any atom is 0.224 e. The second kappa shape index (κ2) is 7.58. The summed E-state index contributed by atoms with van der Waals surface area (Å²) in [6.45, 7) is 5.68. The van der Waals surface area contributed by atoms with Crippen LogP contribution in [0.1, 0.15) is 44.0 Å². The van der Waals surface area contributed by atoms with Crippen molar-refractivity contribution in [1.82, 2.24) is 4.90 Å². The predicted molar refractivity (Wildman–Crippen MR) is 84.0 cm³/mol. The van der Waals surface area contributed by atoms with Crippen molar-refractivity contribution in [2.75, 3.05) is 18.9 Å². The second-order valence-corrected chi connectivity index (χ2v) is 6.10. The minimum atomic E-state index is 0.165. The Morgan fingerprint density at radius 2 is 2.05 bits per heavy atom. The fraction of sp³-hybridized carbons (Fsp3) is 0.562. The van der Waals surface area contributed by atoms with E-state index in [0.29, 0.717) is 13.0 Å². The zero-order valence-electron chi connectivity index (χ0n) is 12.3. The number of ether oxygens (including phenoxy) is 1. The molecule has 1 unspecified atom stereocenters. The minimum absolute atomic E-state index is 0.165. The molecule has 0 saturated carbocycles. The van der Waals surface area contributed by atoms with Gasteiger partial charge in [0.05, 0.1) is 6.61 Å². The Labute approximate surface area is 125 Å². The number of carbonyl (C=O) groups excluding carboxylic acids is 1. The highest BCUT2D eigenvalue weighted by Crippen LogP contribution is 2.37. The third-order valence-electron chi connectivity index (χ3n) is 3.42. The maximum atomic E-state index is 12.1. The maximum absolute atomic E-state index is 12.1. The molecule has 0 N–H and O–H groups in total. The van der Waals surface area contributed by atoms with Gasteiger partial charge in [0.15, 0.2) is 0 Å². The highest BCUT2D eigenvalue weighted by atomic mass is 32.2. The summed E-state index contributed by atoms with van der Waals surface area (Å²) in [5, 5.41) is 0.165. The van der Waals surface area contributed by atoms with Crippen LogP contribution in [0, 0.1) is 0 Å². The predicted octanol–water partition coefficient (Wildman–Crippen LogP) is 3.85. The smallest absolute Gasteiger partial charge is 0.224 e. The Morgan fingerprint density at radius 1 is 1.30 bits per heavy atom. The van der Waals surface area contributed by atoms with Crippen LogP contribution in [0.3, 0.4) is 0 Å². The number of amides is 1. The van der Waals surface area contributed by atoms with Gasteiger partial charge in [-0.1, -0.05) is 25.5 Å². The van der Waals surface area contributed by atoms with E-state index in [2.05, 4.69) is 19.1 Å². The average Bonchev–Trinajstić information content (AvgIpc) is 2.47. The van der Waals surface area contributed by atoms with Crippen molar-refractivity contribution in [1.29, 1.82) is 0 Å². The molecule has 0 bridgehead atoms. The largest absolute Gasteiger partial charge is 0.494 e. The van der Waals surface area contributed by atoms with Crippen LogP contribution in [0.5, 0.6) is 5.75 Å². The van der Waals surface area contributed by atoms with Crippen molar-refractivity contribution in [3.05, 3.63) is 29.8 Å². The van der Waals surface area contributed by atoms with E-state index in [4.69, 9.17) is 4.74 Å². The Balaban J connectivity index is 2.12. The summed E-state index contributed by atoms with van der Waals surface area (Å²) in [7, 11) is 0. The molecule has 0 spiro atoms. The second-order valence-electron chi connectivity index (χ2n) is 4.92. The molecule has 110 valence electrons. The average molecular weight is 293 g/mol. The monoisotopic (exact) mass is 293 g/mol. The van der Waals surface area contributed by atoms with Crippen LogP contribution >= 0.6 is 11.8 Å². The fourth-order valence-electron chi connectivity index (χ4n) is 2.36. The van der Waals surface area contributed by atoms with Gasteiger partial charge in [-0.3, -0.25) is 4.79 Å². The molecule has 1 saturated heterocycles. The van der Waals surface area contributed by atoms with Crippen LogP contribution in [0.15, 0.2) is 24.3 Å². The van der Waals surface area contributed by atoms with E-state index in [0.717, 1.165) is 30.9 Å². The van der Waals surface area contributed by atoms with Gasteiger partial charge in [0.1, 0.15) is 11.1 Å². The first kappa shape index (κ1) is 15.2. The summed E-state index contributed by atoms with van der Waals surface area (Å²) in [5.74, 6) is 2.10. The molecule has 1 heterocycles. The van der Waals surface area contributed by atoms with Gasteiger partial charge < -0.3 is 9.64 Å². The number of hydrogen-bond acceptors (Lipinski definition) is 3. The van der Waals surface area contributed by atoms with E-state index in [-0.39, 0.29) is 11.3 Å². The Bertz CT molecular complexity index is 433. The number of rotatable bonds is 6. The van der Waals surface area contributed by atoms with Gasteiger partial charge in [-0.05, 0) is 31.0 Å². The van der Waals surface area contributed by atoms with Crippen molar-refractivity contribution in [2.24, 2.45) is 0 Å². The SMILES string of the molecule is CCCCN1C(=O)CCSC1c1ccc(OCC)cc1. The highest BCUT2D eigenvalue weighted by Gasteiger charge is 2.29. The van der Waals surface area contributed by atoms with Crippen LogP contribution in [0.4, 0.5) is 0 Å². The lowest BCUT2D eigenvalue weighted by molar-refractivity contribution is -0.132. The number of benzene rings is 1. The molecular weight excluding hydrogens is 270 g/mol. The third kappa shape index (κ3) is 3.69. The molecule has 1 aromatic carbocycles. The first-order valence-corrected chi connectivity index (χ1v) is 8.45. The number of unbranched alkanes of at least 4 members (excludes halogenated alkanes) is 1. The van der Waals surface area contributed by atoms with E-state index >= 15 is 0 Å². The molecule has 1 fully saturated rings. The van der Waals surface area contributed by atoms with Crippen LogP contribution in [-0.4, -0.2) is 29.7 Å². The summed E-state index contributed by atoms with van der Waals surface area (Å²) >= 11 is 1.86. The minimum Gasteiger partial charge on any atom is -0.494 e. The van der Waals surface area contributed by atoms with Gasteiger partial charge in [-0.2, -0.15) is 0 Å². The standard InChI is InChI=1S/C16H23NO2S/c1-3-5-11-17-15(18)10-12-20-16(17)13-6-8-14(9-7-13)19-4-2/h6-9,16H,3-5,10-12H2,1-2H3. The van der Waals surface area contributed by atoms with Gasteiger partial charge in [-0.15, -0.1) is 11.8 Å². The van der Waals surface area contributed by atoms with Crippen molar-refractivity contribution in [3.63, 3.8) is 0 Å². The van der Waals surface area contributed by atoms with E-state index in [1.807, 2.05) is 35.7 Å². The lowest BCUT2D eigenvalue weighted by Crippen LogP contribution is -2.37. The summed E-state index contributed by atoms with van der Waals surface area (Å²) in [5.41, 5.74) is 1.20. The Morgan fingerprint density at radius 3 is 2.70 bits per heavy atom. The van der Waals surface area contributed by atoms with Gasteiger partial charge in [-0.25, -0.2) is 0 Å². The third-order valence-corrected chi connectivity index (χ3v) is 4.71. The van der Waals surface area contributed by atoms with Crippen LogP contribution in [0.2, 0.25) is 0 Å². The molecule has 20 heavy (non-hydrogen) atoms. The van der Waals surface area contributed by atoms with E-state index in [9.17, 15) is 4.79 Å². The van der Waals surface area contributed by atoms with E-state index in [1.54, 1.807) is 0 Å². The number of carbonyl (C=O) groups is 1. The van der Waals surface area contributed by atoms with Crippen molar-refractivity contribution in [2.45, 2.75) is 38.5 Å². The molecule has 1 amide bonds. The lowest BCUT2D eigenvalue weighted by atomic mass is 10.1. The van der Waals surface area contributed by atoms with Crippen LogP contribution in [0.25, 0.3) is 0 Å². The molecule has 1 aliphatic rings. The molecular formula is C16H23NO2S. The molecule has 0 aromatic heterocycles. The van der Waals surface area contributed by atoms with Crippen molar-refractivity contribution in [3.8, 4) is 5.75 Å². The fourth-order valence-corrected chi connectivity index (χ4v) is 3.63. The Hall–Kier alpha value is -1.16. The first-order valence-electron chi connectivity index (χ1n) is 7.40. The molecule has 2 rings (SSSR count). The number of nitrogens with zero attached hydrogens (tertiary/aromatic N) is 1. The summed E-state index contributed by atoms with van der Waals surface area (Å²) in [4.78, 5) is 14.2. The summed E-state index contributed by atoms with van der Waals surface area (Å²) in [6, 6.07) is 8.16.